The molecule has 2 aromatic rings. The molecule has 0 aliphatic heterocycles. The van der Waals surface area contributed by atoms with Gasteiger partial charge in [-0.1, -0.05) is 46.3 Å². The molecule has 2 aromatic carbocycles. The van der Waals surface area contributed by atoms with Crippen molar-refractivity contribution in [2.45, 2.75) is 13.2 Å². The molecule has 24 heavy (non-hydrogen) atoms. The first-order valence-corrected chi connectivity index (χ1v) is 8.25. The molecule has 0 unspecified atom stereocenters. The van der Waals surface area contributed by atoms with E-state index in [4.69, 9.17) is 4.74 Å². The molecule has 2 rings (SSSR count). The molecule has 0 bridgehead atoms. The van der Waals surface area contributed by atoms with Crippen LogP contribution in [0.3, 0.4) is 0 Å². The third-order valence-electron chi connectivity index (χ3n) is 3.32. The molecule has 2 amide bonds. The first-order chi connectivity index (χ1) is 11.6. The zero-order chi connectivity index (χ0) is 17.4. The van der Waals surface area contributed by atoms with Crippen molar-refractivity contribution in [3.8, 4) is 0 Å². The van der Waals surface area contributed by atoms with E-state index in [2.05, 4.69) is 26.6 Å². The number of nitrogens with one attached hydrogen (secondary N) is 2. The van der Waals surface area contributed by atoms with Crippen LogP contribution in [0.25, 0.3) is 0 Å². The summed E-state index contributed by atoms with van der Waals surface area (Å²) in [5, 5.41) is 5.37. The molecule has 0 atom stereocenters. The van der Waals surface area contributed by atoms with Gasteiger partial charge in [0.05, 0.1) is 13.2 Å². The highest BCUT2D eigenvalue weighted by Gasteiger charge is 2.08. The molecule has 6 heteroatoms. The lowest BCUT2D eigenvalue weighted by molar-refractivity contribution is -0.120. The van der Waals surface area contributed by atoms with E-state index in [0.29, 0.717) is 18.7 Å². The van der Waals surface area contributed by atoms with Gasteiger partial charge in [-0.25, -0.2) is 0 Å². The Morgan fingerprint density at radius 2 is 1.75 bits per heavy atom. The molecule has 0 aromatic heterocycles. The van der Waals surface area contributed by atoms with Crippen LogP contribution in [0, 0.1) is 0 Å². The van der Waals surface area contributed by atoms with Crippen molar-refractivity contribution in [1.29, 1.82) is 0 Å². The van der Waals surface area contributed by atoms with Gasteiger partial charge in [0.25, 0.3) is 5.91 Å². The summed E-state index contributed by atoms with van der Waals surface area (Å²) in [7, 11) is 1.65. The van der Waals surface area contributed by atoms with Gasteiger partial charge in [-0.3, -0.25) is 9.59 Å². The van der Waals surface area contributed by atoms with Gasteiger partial charge < -0.3 is 15.4 Å². The Kier molecular flexibility index (Phi) is 6.96. The Hall–Kier alpha value is -2.18. The average molecular weight is 391 g/mol. The average Bonchev–Trinajstić information content (AvgIpc) is 2.59. The van der Waals surface area contributed by atoms with E-state index in [0.717, 1.165) is 15.6 Å². The van der Waals surface area contributed by atoms with E-state index in [1.165, 1.54) is 0 Å². The largest absolute Gasteiger partial charge is 0.380 e. The van der Waals surface area contributed by atoms with Crippen molar-refractivity contribution < 1.29 is 14.3 Å². The van der Waals surface area contributed by atoms with Gasteiger partial charge in [0.2, 0.25) is 5.91 Å². The molecule has 2 N–H and O–H groups in total. The van der Waals surface area contributed by atoms with E-state index < -0.39 is 0 Å². The highest BCUT2D eigenvalue weighted by molar-refractivity contribution is 9.10. The zero-order valence-corrected chi connectivity index (χ0v) is 14.9. The number of ether oxygens (including phenoxy) is 1. The lowest BCUT2D eigenvalue weighted by Crippen LogP contribution is -2.36. The van der Waals surface area contributed by atoms with Crippen molar-refractivity contribution in [3.63, 3.8) is 0 Å². The monoisotopic (exact) mass is 390 g/mol. The molecule has 0 spiro atoms. The third-order valence-corrected chi connectivity index (χ3v) is 3.81. The number of halogens is 1. The topological polar surface area (TPSA) is 67.4 Å². The zero-order valence-electron chi connectivity index (χ0n) is 13.3. The fraction of sp³-hybridized carbons (Fsp3) is 0.222. The number of rotatable bonds is 7. The second kappa shape index (κ2) is 9.20. The minimum absolute atomic E-state index is 0.0624. The summed E-state index contributed by atoms with van der Waals surface area (Å²) in [5.41, 5.74) is 2.57. The van der Waals surface area contributed by atoms with Crippen LogP contribution >= 0.6 is 15.9 Å². The number of hydrogen-bond acceptors (Lipinski definition) is 3. The molecular formula is C18H19BrN2O3. The second-order valence-electron chi connectivity index (χ2n) is 5.22. The predicted octanol–water partition coefficient (Wildman–Crippen LogP) is 2.64. The maximum Gasteiger partial charge on any atom is 0.251 e. The summed E-state index contributed by atoms with van der Waals surface area (Å²) in [6, 6.07) is 14.8. The van der Waals surface area contributed by atoms with Crippen LogP contribution in [-0.4, -0.2) is 25.5 Å². The van der Waals surface area contributed by atoms with Gasteiger partial charge in [0, 0.05) is 23.7 Å². The quantitative estimate of drug-likeness (QED) is 0.763. The summed E-state index contributed by atoms with van der Waals surface area (Å²) in [4.78, 5) is 23.8. The number of benzene rings is 2. The first-order valence-electron chi connectivity index (χ1n) is 7.45. The number of hydrogen-bond donors (Lipinski definition) is 2. The van der Waals surface area contributed by atoms with Gasteiger partial charge in [-0.2, -0.15) is 0 Å². The molecule has 5 nitrogen and oxygen atoms in total. The summed E-state index contributed by atoms with van der Waals surface area (Å²) in [5.74, 6) is -0.519. The summed E-state index contributed by atoms with van der Waals surface area (Å²) < 4.78 is 5.87. The summed E-state index contributed by atoms with van der Waals surface area (Å²) >= 11 is 3.31. The Bertz CT molecular complexity index is 702. The van der Waals surface area contributed by atoms with Gasteiger partial charge in [-0.05, 0) is 29.3 Å². The van der Waals surface area contributed by atoms with Crippen LogP contribution in [0.2, 0.25) is 0 Å². The normalized spacial score (nSPS) is 10.2. The van der Waals surface area contributed by atoms with Gasteiger partial charge in [0.1, 0.15) is 0 Å². The Balaban J connectivity index is 1.76. The Morgan fingerprint density at radius 3 is 2.42 bits per heavy atom. The SMILES string of the molecule is COCc1ccc(CNC(=O)CNC(=O)c2cccc(Br)c2)cc1. The molecule has 0 aliphatic rings. The minimum atomic E-state index is -0.282. The van der Waals surface area contributed by atoms with Crippen LogP contribution in [-0.2, 0) is 22.7 Å². The van der Waals surface area contributed by atoms with Crippen LogP contribution in [0.1, 0.15) is 21.5 Å². The highest BCUT2D eigenvalue weighted by atomic mass is 79.9. The minimum Gasteiger partial charge on any atom is -0.380 e. The van der Waals surface area contributed by atoms with Crippen molar-refractivity contribution >= 4 is 27.7 Å². The van der Waals surface area contributed by atoms with Crippen LogP contribution < -0.4 is 10.6 Å². The summed E-state index contributed by atoms with van der Waals surface area (Å²) in [6.45, 7) is 0.917. The lowest BCUT2D eigenvalue weighted by Gasteiger charge is -2.08. The molecule has 0 saturated carbocycles. The van der Waals surface area contributed by atoms with E-state index in [1.54, 1.807) is 25.3 Å². The standard InChI is InChI=1S/C18H19BrN2O3/c1-24-12-14-7-5-13(6-8-14)10-20-17(22)11-21-18(23)15-3-2-4-16(19)9-15/h2-9H,10-12H2,1H3,(H,20,22)(H,21,23). The number of methoxy groups -OCH3 is 1. The number of carbonyl (C=O) groups excluding carboxylic acids is 2. The molecule has 0 fully saturated rings. The van der Waals surface area contributed by atoms with E-state index >= 15 is 0 Å². The smallest absolute Gasteiger partial charge is 0.251 e. The fourth-order valence-corrected chi connectivity index (χ4v) is 2.47. The van der Waals surface area contributed by atoms with Crippen molar-refractivity contribution in [2.24, 2.45) is 0 Å². The molecule has 0 radical (unpaired) electrons. The van der Waals surface area contributed by atoms with Crippen molar-refractivity contribution in [3.05, 3.63) is 69.7 Å². The van der Waals surface area contributed by atoms with Crippen molar-refractivity contribution in [1.82, 2.24) is 10.6 Å². The molecule has 0 aliphatic carbocycles. The second-order valence-corrected chi connectivity index (χ2v) is 6.13. The van der Waals surface area contributed by atoms with Crippen LogP contribution in [0.5, 0.6) is 0 Å². The van der Waals surface area contributed by atoms with Gasteiger partial charge in [0.15, 0.2) is 0 Å². The molecular weight excluding hydrogens is 372 g/mol. The first kappa shape index (κ1) is 18.2. The number of amides is 2. The maximum absolute atomic E-state index is 12.0. The maximum atomic E-state index is 12.0. The lowest BCUT2D eigenvalue weighted by atomic mass is 10.1. The van der Waals surface area contributed by atoms with E-state index in [1.807, 2.05) is 30.3 Å². The Morgan fingerprint density at radius 1 is 1.04 bits per heavy atom. The number of carbonyl (C=O) groups is 2. The molecule has 126 valence electrons. The van der Waals surface area contributed by atoms with Gasteiger partial charge in [-0.15, -0.1) is 0 Å². The molecule has 0 heterocycles. The van der Waals surface area contributed by atoms with Crippen molar-refractivity contribution in [2.75, 3.05) is 13.7 Å². The summed E-state index contributed by atoms with van der Waals surface area (Å²) in [6.07, 6.45) is 0. The van der Waals surface area contributed by atoms with E-state index in [-0.39, 0.29) is 18.4 Å². The Labute approximate surface area is 149 Å². The van der Waals surface area contributed by atoms with E-state index in [9.17, 15) is 9.59 Å². The predicted molar refractivity (Wildman–Crippen MR) is 95.5 cm³/mol. The molecule has 0 saturated heterocycles. The van der Waals surface area contributed by atoms with Crippen LogP contribution in [0.15, 0.2) is 53.0 Å². The van der Waals surface area contributed by atoms with Gasteiger partial charge >= 0.3 is 0 Å². The third kappa shape index (κ3) is 5.79. The fourth-order valence-electron chi connectivity index (χ4n) is 2.08. The highest BCUT2D eigenvalue weighted by Crippen LogP contribution is 2.11. The van der Waals surface area contributed by atoms with Crippen LogP contribution in [0.4, 0.5) is 0 Å².